The fourth-order valence-electron chi connectivity index (χ4n) is 8.45. The Bertz CT molecular complexity index is 2010. The van der Waals surface area contributed by atoms with Gasteiger partial charge in [-0.1, -0.05) is 12.0 Å². The summed E-state index contributed by atoms with van der Waals surface area (Å²) in [4.78, 5) is 32.5. The molecule has 0 aliphatic carbocycles. The van der Waals surface area contributed by atoms with Gasteiger partial charge in [0.2, 0.25) is 0 Å². The summed E-state index contributed by atoms with van der Waals surface area (Å²) < 4.78 is 52.5. The van der Waals surface area contributed by atoms with Crippen molar-refractivity contribution >= 4 is 33.5 Å². The highest BCUT2D eigenvalue weighted by Crippen LogP contribution is 2.42. The van der Waals surface area contributed by atoms with Crippen LogP contribution in [0.4, 0.5) is 23.8 Å². The molecule has 4 aromatic rings. The Labute approximate surface area is 274 Å². The van der Waals surface area contributed by atoms with Crippen LogP contribution in [0.15, 0.2) is 30.5 Å². The highest BCUT2D eigenvalue weighted by Gasteiger charge is 2.49. The van der Waals surface area contributed by atoms with Gasteiger partial charge in [-0.15, -0.1) is 6.42 Å². The first-order valence-corrected chi connectivity index (χ1v) is 16.2. The average molecular weight is 658 g/mol. The Balaban J connectivity index is 1.26. The van der Waals surface area contributed by atoms with E-state index in [1.165, 1.54) is 30.5 Å². The molecule has 4 saturated heterocycles. The van der Waals surface area contributed by atoms with E-state index in [2.05, 4.69) is 26.1 Å². The fourth-order valence-corrected chi connectivity index (χ4v) is 8.45. The average Bonchev–Trinajstić information content (AvgIpc) is 3.69. The number of hydrogen-bond acceptors (Lipinski definition) is 8. The number of nitrogens with one attached hydrogen (secondary N) is 1. The van der Waals surface area contributed by atoms with Crippen molar-refractivity contribution in [2.24, 2.45) is 0 Å². The van der Waals surface area contributed by atoms with E-state index in [4.69, 9.17) is 16.1 Å². The topological polar surface area (TPSA) is 107 Å². The molecule has 2 amide bonds. The van der Waals surface area contributed by atoms with Crippen LogP contribution in [-0.2, 0) is 0 Å². The van der Waals surface area contributed by atoms with Gasteiger partial charge in [-0.05, 0) is 55.8 Å². The van der Waals surface area contributed by atoms with E-state index >= 15 is 4.39 Å². The summed E-state index contributed by atoms with van der Waals surface area (Å²) in [6.45, 7) is 2.21. The SMILES string of the molecule is C#Cc1c(F)ccc2cc(O)cc(-c3ncc4c(N5CC6CCC(C5)N6C(=O)NC)nc(OC[C@@]56CCCN5C[C@H](F)C6)nc4c3F)c12. The number of phenolic OH excluding ortho intramolecular Hbond substituents is 1. The van der Waals surface area contributed by atoms with Gasteiger partial charge >= 0.3 is 12.0 Å². The molecule has 0 saturated carbocycles. The highest BCUT2D eigenvalue weighted by molar-refractivity contribution is 6.03. The van der Waals surface area contributed by atoms with Crippen LogP contribution in [0.3, 0.4) is 0 Å². The zero-order valence-electron chi connectivity index (χ0n) is 26.3. The van der Waals surface area contributed by atoms with Crippen LogP contribution in [0.25, 0.3) is 32.9 Å². The number of rotatable bonds is 5. The zero-order valence-corrected chi connectivity index (χ0v) is 26.3. The fraction of sp³-hybridized carbons (Fsp3) is 0.429. The molecule has 13 heteroatoms. The Morgan fingerprint density at radius 1 is 1.19 bits per heavy atom. The van der Waals surface area contributed by atoms with Gasteiger partial charge in [-0.25, -0.2) is 18.0 Å². The van der Waals surface area contributed by atoms with Crippen molar-refractivity contribution in [2.75, 3.05) is 44.7 Å². The summed E-state index contributed by atoms with van der Waals surface area (Å²) in [6, 6.07) is 5.04. The van der Waals surface area contributed by atoms with Crippen LogP contribution in [0.1, 0.15) is 37.7 Å². The normalized spacial score (nSPS) is 25.1. The van der Waals surface area contributed by atoms with Gasteiger partial charge in [0.1, 0.15) is 41.4 Å². The van der Waals surface area contributed by atoms with Gasteiger partial charge in [-0.3, -0.25) is 9.88 Å². The highest BCUT2D eigenvalue weighted by atomic mass is 19.1. The number of aromatic nitrogens is 3. The van der Waals surface area contributed by atoms with Crippen LogP contribution in [0.5, 0.6) is 11.8 Å². The standard InChI is InChI=1S/C35H34F3N7O3/c1-3-24-27(37)8-5-19-11-23(46)12-25(28(19)24)30-29(38)31-26(14-40-30)32(43-16-21-6-7-22(17-43)45(21)34(47)39-2)42-33(41-31)48-18-35-9-4-10-44(35)15-20(36)13-35/h1,5,8,11-12,14,20-22,46H,4,6-7,9-10,13,15-18H2,2H3,(H,39,47)/t20-,21?,22?,35+/m1/s1. The Morgan fingerprint density at radius 3 is 2.73 bits per heavy atom. The number of pyridine rings is 1. The van der Waals surface area contributed by atoms with Crippen molar-refractivity contribution in [3.63, 3.8) is 0 Å². The number of piperazine rings is 1. The number of nitrogens with zero attached hydrogens (tertiary/aromatic N) is 6. The molecule has 0 radical (unpaired) electrons. The number of carbonyl (C=O) groups excluding carboxylic acids is 1. The van der Waals surface area contributed by atoms with E-state index in [1.54, 1.807) is 7.05 Å². The van der Waals surface area contributed by atoms with Gasteiger partial charge in [0, 0.05) is 50.2 Å². The molecule has 0 spiro atoms. The predicted molar refractivity (Wildman–Crippen MR) is 174 cm³/mol. The smallest absolute Gasteiger partial charge is 0.319 e. The second kappa shape index (κ2) is 11.4. The summed E-state index contributed by atoms with van der Waals surface area (Å²) in [6.07, 6.45) is 9.89. The molecular formula is C35H34F3N7O3. The zero-order chi connectivity index (χ0) is 33.3. The number of aromatic hydroxyl groups is 1. The minimum Gasteiger partial charge on any atom is -0.508 e. The number of fused-ring (bicyclic) bond motifs is 5. The molecule has 2 aromatic carbocycles. The molecule has 4 aliphatic heterocycles. The van der Waals surface area contributed by atoms with Crippen LogP contribution in [0, 0.1) is 24.0 Å². The number of anilines is 1. The summed E-state index contributed by atoms with van der Waals surface area (Å²) in [5, 5.41) is 14.3. The number of phenols is 1. The monoisotopic (exact) mass is 657 g/mol. The molecular weight excluding hydrogens is 623 g/mol. The predicted octanol–water partition coefficient (Wildman–Crippen LogP) is 4.76. The Kier molecular flexibility index (Phi) is 7.25. The van der Waals surface area contributed by atoms with Crippen molar-refractivity contribution in [1.29, 1.82) is 0 Å². The summed E-state index contributed by atoms with van der Waals surface area (Å²) in [7, 11) is 1.61. The van der Waals surface area contributed by atoms with E-state index in [9.17, 15) is 18.7 Å². The van der Waals surface area contributed by atoms with E-state index in [-0.39, 0.29) is 64.2 Å². The number of carbonyl (C=O) groups is 1. The molecule has 10 nitrogen and oxygen atoms in total. The van der Waals surface area contributed by atoms with Crippen LogP contribution >= 0.6 is 0 Å². The minimum absolute atomic E-state index is 0.0608. The van der Waals surface area contributed by atoms with Gasteiger partial charge in [0.15, 0.2) is 5.82 Å². The maximum Gasteiger partial charge on any atom is 0.319 e. The van der Waals surface area contributed by atoms with E-state index < -0.39 is 23.3 Å². The second-order valence-electron chi connectivity index (χ2n) is 13.3. The van der Waals surface area contributed by atoms with Crippen molar-refractivity contribution in [3.05, 3.63) is 47.7 Å². The maximum atomic E-state index is 16.9. The number of alkyl halides is 1. The van der Waals surface area contributed by atoms with Crippen molar-refractivity contribution in [2.45, 2.75) is 55.9 Å². The lowest BCUT2D eigenvalue weighted by Crippen LogP contribution is -2.58. The lowest BCUT2D eigenvalue weighted by Gasteiger charge is -2.41. The number of amides is 2. The molecule has 2 bridgehead atoms. The first kappa shape index (κ1) is 30.5. The van der Waals surface area contributed by atoms with Crippen LogP contribution < -0.4 is 15.0 Å². The summed E-state index contributed by atoms with van der Waals surface area (Å²) >= 11 is 0. The third-order valence-electron chi connectivity index (χ3n) is 10.6. The molecule has 4 fully saturated rings. The summed E-state index contributed by atoms with van der Waals surface area (Å²) in [5.41, 5.74) is -0.705. The van der Waals surface area contributed by atoms with Gasteiger partial charge < -0.3 is 25.0 Å². The minimum atomic E-state index is -0.949. The molecule has 8 rings (SSSR count). The molecule has 2 aromatic heterocycles. The van der Waals surface area contributed by atoms with E-state index in [0.717, 1.165) is 32.2 Å². The lowest BCUT2D eigenvalue weighted by atomic mass is 9.95. The van der Waals surface area contributed by atoms with Gasteiger partial charge in [-0.2, -0.15) is 9.97 Å². The molecule has 2 unspecified atom stereocenters. The van der Waals surface area contributed by atoms with Crippen LogP contribution in [0.2, 0.25) is 0 Å². The Hall–Kier alpha value is -4.83. The number of hydrogen-bond donors (Lipinski definition) is 2. The molecule has 4 aliphatic rings. The van der Waals surface area contributed by atoms with Gasteiger partial charge in [0.05, 0.1) is 28.6 Å². The number of terminal acetylenes is 1. The molecule has 6 heterocycles. The van der Waals surface area contributed by atoms with Gasteiger partial charge in [0.25, 0.3) is 0 Å². The Morgan fingerprint density at radius 2 is 1.98 bits per heavy atom. The van der Waals surface area contributed by atoms with Crippen molar-refractivity contribution in [1.82, 2.24) is 30.1 Å². The number of halogens is 3. The molecule has 248 valence electrons. The maximum absolute atomic E-state index is 16.9. The largest absolute Gasteiger partial charge is 0.508 e. The number of ether oxygens (including phenoxy) is 1. The molecule has 4 atom stereocenters. The van der Waals surface area contributed by atoms with E-state index in [0.29, 0.717) is 42.6 Å². The van der Waals surface area contributed by atoms with E-state index in [1.807, 2.05) is 9.80 Å². The number of benzene rings is 2. The quantitative estimate of drug-likeness (QED) is 0.296. The molecule has 48 heavy (non-hydrogen) atoms. The molecule has 2 N–H and O–H groups in total. The van der Waals surface area contributed by atoms with Crippen molar-refractivity contribution in [3.8, 4) is 35.4 Å². The number of urea groups is 1. The first-order valence-electron chi connectivity index (χ1n) is 16.2. The van der Waals surface area contributed by atoms with Crippen molar-refractivity contribution < 1.29 is 27.8 Å². The first-order chi connectivity index (χ1) is 23.2. The summed E-state index contributed by atoms with van der Waals surface area (Å²) in [5.74, 6) is 1.11. The second-order valence-corrected chi connectivity index (χ2v) is 13.3. The third kappa shape index (κ3) is 4.76. The van der Waals surface area contributed by atoms with Crippen LogP contribution in [-0.4, -0.2) is 99.5 Å². The lowest BCUT2D eigenvalue weighted by molar-refractivity contribution is 0.107. The third-order valence-corrected chi connectivity index (χ3v) is 10.6.